The average Bonchev–Trinajstić information content (AvgIpc) is 2.91. The van der Waals surface area contributed by atoms with E-state index < -0.39 is 11.8 Å². The van der Waals surface area contributed by atoms with Crippen molar-refractivity contribution in [2.75, 3.05) is 11.9 Å². The first-order valence-corrected chi connectivity index (χ1v) is 7.04. The van der Waals surface area contributed by atoms with Crippen LogP contribution >= 0.6 is 0 Å². The monoisotopic (exact) mass is 301 g/mol. The number of H-pyrrole nitrogens is 1. The topological polar surface area (TPSA) is 99.8 Å². The summed E-state index contributed by atoms with van der Waals surface area (Å²) in [6.45, 7) is 6.19. The first kappa shape index (κ1) is 15.7. The van der Waals surface area contributed by atoms with Crippen molar-refractivity contribution >= 4 is 17.5 Å². The molecular weight excluding hydrogens is 282 g/mol. The number of benzene rings is 1. The summed E-state index contributed by atoms with van der Waals surface area (Å²) in [4.78, 5) is 27.7. The van der Waals surface area contributed by atoms with Crippen molar-refractivity contribution < 1.29 is 9.59 Å². The molecule has 3 N–H and O–H groups in total. The van der Waals surface area contributed by atoms with Crippen LogP contribution in [-0.4, -0.2) is 33.5 Å². The largest absolute Gasteiger partial charge is 0.348 e. The molecule has 22 heavy (non-hydrogen) atoms. The summed E-state index contributed by atoms with van der Waals surface area (Å²) in [7, 11) is 0. The third-order valence-electron chi connectivity index (χ3n) is 2.85. The van der Waals surface area contributed by atoms with Crippen molar-refractivity contribution in [3.05, 3.63) is 30.1 Å². The quantitative estimate of drug-likeness (QED) is 0.745. The van der Waals surface area contributed by atoms with Gasteiger partial charge < -0.3 is 10.6 Å². The zero-order chi connectivity index (χ0) is 16.1. The maximum atomic E-state index is 11.8. The van der Waals surface area contributed by atoms with E-state index >= 15 is 0 Å². The summed E-state index contributed by atoms with van der Waals surface area (Å²) < 4.78 is 0. The van der Waals surface area contributed by atoms with Crippen molar-refractivity contribution in [2.45, 2.75) is 20.8 Å². The minimum Gasteiger partial charge on any atom is -0.348 e. The van der Waals surface area contributed by atoms with Gasteiger partial charge in [0.25, 0.3) is 0 Å². The van der Waals surface area contributed by atoms with Gasteiger partial charge in [0.1, 0.15) is 5.82 Å². The van der Waals surface area contributed by atoms with Crippen molar-refractivity contribution in [1.82, 2.24) is 20.5 Å². The predicted molar refractivity (Wildman–Crippen MR) is 83.0 cm³/mol. The van der Waals surface area contributed by atoms with Crippen LogP contribution in [0.5, 0.6) is 0 Å². The number of amides is 2. The standard InChI is InChI=1S/C15H19N5O2/c1-9(2)8-16-14(21)15(22)18-12-6-4-5-11(7-12)13-17-10(3)19-20-13/h4-7,9H,8H2,1-3H3,(H,16,21)(H,18,22)(H,17,19,20). The number of carbonyl (C=O) groups is 2. The van der Waals surface area contributed by atoms with Gasteiger partial charge in [0, 0.05) is 17.8 Å². The lowest BCUT2D eigenvalue weighted by atomic mass is 10.2. The molecule has 7 heteroatoms. The molecule has 0 aliphatic rings. The number of nitrogens with zero attached hydrogens (tertiary/aromatic N) is 2. The van der Waals surface area contributed by atoms with Gasteiger partial charge in [0.15, 0.2) is 5.82 Å². The van der Waals surface area contributed by atoms with Crippen molar-refractivity contribution in [3.8, 4) is 11.4 Å². The van der Waals surface area contributed by atoms with Gasteiger partial charge in [0.05, 0.1) is 0 Å². The molecule has 0 aliphatic carbocycles. The highest BCUT2D eigenvalue weighted by Gasteiger charge is 2.14. The number of aromatic nitrogens is 3. The number of rotatable bonds is 4. The average molecular weight is 301 g/mol. The van der Waals surface area contributed by atoms with Crippen LogP contribution in [0.1, 0.15) is 19.7 Å². The zero-order valence-electron chi connectivity index (χ0n) is 12.8. The lowest BCUT2D eigenvalue weighted by Crippen LogP contribution is -2.37. The third-order valence-corrected chi connectivity index (χ3v) is 2.85. The van der Waals surface area contributed by atoms with Crippen molar-refractivity contribution in [3.63, 3.8) is 0 Å². The SMILES string of the molecule is Cc1nc(-c2cccc(NC(=O)C(=O)NCC(C)C)c2)n[nH]1. The molecular formula is C15H19N5O2. The molecule has 7 nitrogen and oxygen atoms in total. The van der Waals surface area contributed by atoms with Gasteiger partial charge in [-0.3, -0.25) is 14.7 Å². The fraction of sp³-hybridized carbons (Fsp3) is 0.333. The third kappa shape index (κ3) is 4.15. The molecule has 1 aromatic carbocycles. The Hall–Kier alpha value is -2.70. The number of anilines is 1. The molecule has 2 amide bonds. The molecule has 116 valence electrons. The molecule has 0 bridgehead atoms. The number of nitrogens with one attached hydrogen (secondary N) is 3. The van der Waals surface area contributed by atoms with E-state index in [9.17, 15) is 9.59 Å². The molecule has 2 rings (SSSR count). The van der Waals surface area contributed by atoms with Gasteiger partial charge in [-0.25, -0.2) is 4.98 Å². The Bertz CT molecular complexity index is 678. The maximum absolute atomic E-state index is 11.8. The van der Waals surface area contributed by atoms with E-state index in [0.717, 1.165) is 5.56 Å². The molecule has 0 spiro atoms. The van der Waals surface area contributed by atoms with E-state index in [4.69, 9.17) is 0 Å². The summed E-state index contributed by atoms with van der Waals surface area (Å²) in [5.74, 6) is 0.196. The minimum absolute atomic E-state index is 0.286. The fourth-order valence-corrected chi connectivity index (χ4v) is 1.77. The van der Waals surface area contributed by atoms with E-state index in [-0.39, 0.29) is 5.92 Å². The van der Waals surface area contributed by atoms with Crippen LogP contribution in [0.15, 0.2) is 24.3 Å². The van der Waals surface area contributed by atoms with E-state index in [1.54, 1.807) is 25.1 Å². The van der Waals surface area contributed by atoms with Crippen LogP contribution in [0.3, 0.4) is 0 Å². The predicted octanol–water partition coefficient (Wildman–Crippen LogP) is 1.49. The second-order valence-corrected chi connectivity index (χ2v) is 5.38. The van der Waals surface area contributed by atoms with Crippen molar-refractivity contribution in [1.29, 1.82) is 0 Å². The maximum Gasteiger partial charge on any atom is 0.313 e. The van der Waals surface area contributed by atoms with Gasteiger partial charge in [-0.15, -0.1) is 0 Å². The van der Waals surface area contributed by atoms with Gasteiger partial charge in [-0.2, -0.15) is 5.10 Å². The van der Waals surface area contributed by atoms with Crippen LogP contribution < -0.4 is 10.6 Å². The molecule has 0 unspecified atom stereocenters. The number of hydrogen-bond donors (Lipinski definition) is 3. The van der Waals surface area contributed by atoms with Gasteiger partial charge in [0.2, 0.25) is 0 Å². The highest BCUT2D eigenvalue weighted by atomic mass is 16.2. The second kappa shape index (κ2) is 6.84. The Balaban J connectivity index is 2.04. The molecule has 0 radical (unpaired) electrons. The van der Waals surface area contributed by atoms with Gasteiger partial charge in [-0.1, -0.05) is 26.0 Å². The summed E-state index contributed by atoms with van der Waals surface area (Å²) >= 11 is 0. The van der Waals surface area contributed by atoms with Crippen LogP contribution in [0.4, 0.5) is 5.69 Å². The van der Waals surface area contributed by atoms with Crippen molar-refractivity contribution in [2.24, 2.45) is 5.92 Å². The second-order valence-electron chi connectivity index (χ2n) is 5.38. The summed E-state index contributed by atoms with van der Waals surface area (Å²) in [6, 6.07) is 7.02. The summed E-state index contributed by atoms with van der Waals surface area (Å²) in [5.41, 5.74) is 1.27. The summed E-state index contributed by atoms with van der Waals surface area (Å²) in [5, 5.41) is 12.0. The first-order valence-electron chi connectivity index (χ1n) is 7.04. The summed E-state index contributed by atoms with van der Waals surface area (Å²) in [6.07, 6.45) is 0. The zero-order valence-corrected chi connectivity index (χ0v) is 12.8. The molecule has 2 aromatic rings. The van der Waals surface area contributed by atoms with Crippen LogP contribution in [0, 0.1) is 12.8 Å². The molecule has 0 fully saturated rings. The number of hydrogen-bond acceptors (Lipinski definition) is 4. The molecule has 1 aromatic heterocycles. The Morgan fingerprint density at radius 2 is 2.05 bits per heavy atom. The first-order chi connectivity index (χ1) is 10.5. The Kier molecular flexibility index (Phi) is 4.88. The van der Waals surface area contributed by atoms with E-state index in [1.807, 2.05) is 19.9 Å². The lowest BCUT2D eigenvalue weighted by molar-refractivity contribution is -0.136. The van der Waals surface area contributed by atoms with Gasteiger partial charge in [-0.05, 0) is 25.0 Å². The lowest BCUT2D eigenvalue weighted by Gasteiger charge is -2.08. The number of carbonyl (C=O) groups excluding carboxylic acids is 2. The van der Waals surface area contributed by atoms with Crippen LogP contribution in [0.25, 0.3) is 11.4 Å². The van der Waals surface area contributed by atoms with E-state index in [1.165, 1.54) is 0 Å². The molecule has 0 saturated carbocycles. The van der Waals surface area contributed by atoms with E-state index in [0.29, 0.717) is 23.9 Å². The highest BCUT2D eigenvalue weighted by Crippen LogP contribution is 2.19. The molecule has 1 heterocycles. The highest BCUT2D eigenvalue weighted by molar-refractivity contribution is 6.39. The van der Waals surface area contributed by atoms with Crippen LogP contribution in [-0.2, 0) is 9.59 Å². The smallest absolute Gasteiger partial charge is 0.313 e. The van der Waals surface area contributed by atoms with Gasteiger partial charge >= 0.3 is 11.8 Å². The molecule has 0 saturated heterocycles. The van der Waals surface area contributed by atoms with E-state index in [2.05, 4.69) is 25.8 Å². The molecule has 0 aliphatic heterocycles. The Morgan fingerprint density at radius 1 is 1.27 bits per heavy atom. The molecule has 0 atom stereocenters. The normalized spacial score (nSPS) is 10.5. The number of aryl methyl sites for hydroxylation is 1. The fourth-order valence-electron chi connectivity index (χ4n) is 1.77. The minimum atomic E-state index is -0.691. The van der Waals surface area contributed by atoms with Crippen LogP contribution in [0.2, 0.25) is 0 Å². The Labute approximate surface area is 128 Å². The number of aromatic amines is 1. The Morgan fingerprint density at radius 3 is 2.68 bits per heavy atom.